The Morgan fingerprint density at radius 1 is 1.18 bits per heavy atom. The van der Waals surface area contributed by atoms with Gasteiger partial charge in [-0.15, -0.1) is 0 Å². The molecule has 0 N–H and O–H groups in total. The lowest BCUT2D eigenvalue weighted by molar-refractivity contribution is -0.137. The molecule has 7 nitrogen and oxygen atoms in total. The van der Waals surface area contributed by atoms with Crippen molar-refractivity contribution >= 4 is 5.82 Å². The van der Waals surface area contributed by atoms with Crippen LogP contribution >= 0.6 is 0 Å². The SMILES string of the molecule is Cc1nn(CN2CCN(c3ccc(C(F)(F)F)cn3)CC2)c(=O)c(C#N)c1C. The number of halogens is 3. The first-order valence-corrected chi connectivity index (χ1v) is 8.69. The van der Waals surface area contributed by atoms with Crippen molar-refractivity contribution in [1.82, 2.24) is 19.7 Å². The van der Waals surface area contributed by atoms with E-state index in [1.165, 1.54) is 10.7 Å². The molecule has 10 heteroatoms. The highest BCUT2D eigenvalue weighted by Crippen LogP contribution is 2.29. The van der Waals surface area contributed by atoms with E-state index in [4.69, 9.17) is 0 Å². The first-order valence-electron chi connectivity index (χ1n) is 8.69. The highest BCUT2D eigenvalue weighted by Gasteiger charge is 2.31. The molecule has 0 atom stereocenters. The van der Waals surface area contributed by atoms with Gasteiger partial charge in [-0.05, 0) is 31.5 Å². The van der Waals surface area contributed by atoms with Gasteiger partial charge in [-0.25, -0.2) is 9.67 Å². The zero-order valence-corrected chi connectivity index (χ0v) is 15.5. The Kier molecular flexibility index (Phi) is 5.38. The number of alkyl halides is 3. The van der Waals surface area contributed by atoms with E-state index in [0.29, 0.717) is 43.3 Å². The molecule has 1 aliphatic rings. The molecule has 0 aromatic carbocycles. The number of pyridine rings is 1. The van der Waals surface area contributed by atoms with E-state index < -0.39 is 17.3 Å². The van der Waals surface area contributed by atoms with Gasteiger partial charge in [-0.3, -0.25) is 9.69 Å². The van der Waals surface area contributed by atoms with Gasteiger partial charge in [0.05, 0.1) is 17.9 Å². The maximum Gasteiger partial charge on any atom is 0.417 e. The zero-order chi connectivity index (χ0) is 20.5. The lowest BCUT2D eigenvalue weighted by atomic mass is 10.1. The minimum Gasteiger partial charge on any atom is -0.354 e. The third kappa shape index (κ3) is 3.99. The quantitative estimate of drug-likeness (QED) is 0.794. The molecular weight excluding hydrogens is 373 g/mol. The number of rotatable bonds is 3. The van der Waals surface area contributed by atoms with Crippen LogP contribution in [0.2, 0.25) is 0 Å². The molecule has 1 fully saturated rings. The van der Waals surface area contributed by atoms with E-state index in [1.54, 1.807) is 13.8 Å². The molecule has 0 spiro atoms. The average molecular weight is 392 g/mol. The van der Waals surface area contributed by atoms with Gasteiger partial charge in [0.25, 0.3) is 5.56 Å². The van der Waals surface area contributed by atoms with Crippen molar-refractivity contribution in [3.63, 3.8) is 0 Å². The second-order valence-corrected chi connectivity index (χ2v) is 6.65. The highest BCUT2D eigenvalue weighted by atomic mass is 19.4. The fourth-order valence-corrected chi connectivity index (χ4v) is 3.05. The van der Waals surface area contributed by atoms with Crippen LogP contribution < -0.4 is 10.5 Å². The van der Waals surface area contributed by atoms with Gasteiger partial charge in [0, 0.05) is 32.4 Å². The third-order valence-electron chi connectivity index (χ3n) is 4.85. The van der Waals surface area contributed by atoms with Crippen LogP contribution in [0.5, 0.6) is 0 Å². The summed E-state index contributed by atoms with van der Waals surface area (Å²) in [6.07, 6.45) is -3.57. The van der Waals surface area contributed by atoms with Crippen LogP contribution in [0, 0.1) is 25.2 Å². The topological polar surface area (TPSA) is 78.1 Å². The second kappa shape index (κ2) is 7.59. The smallest absolute Gasteiger partial charge is 0.354 e. The molecule has 2 aromatic heterocycles. The lowest BCUT2D eigenvalue weighted by Gasteiger charge is -2.35. The van der Waals surface area contributed by atoms with E-state index in [1.807, 2.05) is 15.9 Å². The van der Waals surface area contributed by atoms with Crippen LogP contribution in [0.15, 0.2) is 23.1 Å². The Hall–Kier alpha value is -2.93. The van der Waals surface area contributed by atoms with Gasteiger partial charge in [-0.2, -0.15) is 23.5 Å². The van der Waals surface area contributed by atoms with Crippen LogP contribution in [0.1, 0.15) is 22.4 Å². The second-order valence-electron chi connectivity index (χ2n) is 6.65. The Bertz CT molecular complexity index is 954. The number of aryl methyl sites for hydroxylation is 1. The molecule has 2 aromatic rings. The molecule has 0 bridgehead atoms. The van der Waals surface area contributed by atoms with E-state index in [9.17, 15) is 23.2 Å². The van der Waals surface area contributed by atoms with Gasteiger partial charge in [-0.1, -0.05) is 0 Å². The first-order chi connectivity index (χ1) is 13.2. The van der Waals surface area contributed by atoms with E-state index in [2.05, 4.69) is 10.1 Å². The van der Waals surface area contributed by atoms with E-state index in [-0.39, 0.29) is 12.2 Å². The maximum atomic E-state index is 12.6. The standard InChI is InChI=1S/C18H19F3N6O/c1-12-13(2)24-27(17(28)15(12)9-22)11-25-5-7-26(8-6-25)16-4-3-14(10-23-16)18(19,20)21/h3-4,10H,5-8,11H2,1-2H3. The fraction of sp³-hybridized carbons (Fsp3) is 0.444. The summed E-state index contributed by atoms with van der Waals surface area (Å²) in [5, 5.41) is 13.5. The van der Waals surface area contributed by atoms with Crippen molar-refractivity contribution in [1.29, 1.82) is 5.26 Å². The minimum atomic E-state index is -4.40. The summed E-state index contributed by atoms with van der Waals surface area (Å²) in [6.45, 7) is 6.00. The van der Waals surface area contributed by atoms with Gasteiger partial charge in [0.1, 0.15) is 17.5 Å². The van der Waals surface area contributed by atoms with E-state index in [0.717, 1.165) is 12.3 Å². The third-order valence-corrected chi connectivity index (χ3v) is 4.85. The van der Waals surface area contributed by atoms with Gasteiger partial charge in [0.15, 0.2) is 0 Å². The largest absolute Gasteiger partial charge is 0.417 e. The number of anilines is 1. The van der Waals surface area contributed by atoms with Gasteiger partial charge < -0.3 is 4.90 Å². The summed E-state index contributed by atoms with van der Waals surface area (Å²) >= 11 is 0. The minimum absolute atomic E-state index is 0.0973. The summed E-state index contributed by atoms with van der Waals surface area (Å²) in [6, 6.07) is 4.33. The maximum absolute atomic E-state index is 12.6. The molecule has 1 aliphatic heterocycles. The molecule has 148 valence electrons. The molecule has 1 saturated heterocycles. The summed E-state index contributed by atoms with van der Waals surface area (Å²) in [5.74, 6) is 0.487. The van der Waals surface area contributed by atoms with Crippen molar-refractivity contribution in [2.75, 3.05) is 31.1 Å². The molecule has 3 rings (SSSR count). The molecule has 0 radical (unpaired) electrons. The van der Waals surface area contributed by atoms with Crippen LogP contribution in [-0.4, -0.2) is 45.8 Å². The van der Waals surface area contributed by atoms with Gasteiger partial charge >= 0.3 is 6.18 Å². The Balaban J connectivity index is 1.66. The van der Waals surface area contributed by atoms with Crippen molar-refractivity contribution < 1.29 is 13.2 Å². The van der Waals surface area contributed by atoms with Crippen LogP contribution in [0.3, 0.4) is 0 Å². The number of nitrogens with zero attached hydrogens (tertiary/aromatic N) is 6. The van der Waals surface area contributed by atoms with E-state index >= 15 is 0 Å². The van der Waals surface area contributed by atoms with Crippen molar-refractivity contribution in [2.24, 2.45) is 0 Å². The first kappa shape index (κ1) is 19.8. The Morgan fingerprint density at radius 3 is 2.39 bits per heavy atom. The molecule has 0 unspecified atom stereocenters. The van der Waals surface area contributed by atoms with Crippen LogP contribution in [0.4, 0.5) is 19.0 Å². The van der Waals surface area contributed by atoms with Crippen molar-refractivity contribution in [3.8, 4) is 6.07 Å². The molecule has 0 saturated carbocycles. The summed E-state index contributed by atoms with van der Waals surface area (Å²) in [5.41, 5.74) is 0.117. The van der Waals surface area contributed by atoms with Crippen molar-refractivity contribution in [2.45, 2.75) is 26.7 Å². The number of aromatic nitrogens is 3. The normalized spacial score (nSPS) is 15.5. The van der Waals surface area contributed by atoms with Crippen LogP contribution in [0.25, 0.3) is 0 Å². The predicted octanol–water partition coefficient (Wildman–Crippen LogP) is 1.93. The van der Waals surface area contributed by atoms with Crippen molar-refractivity contribution in [3.05, 3.63) is 51.1 Å². The molecule has 3 heterocycles. The lowest BCUT2D eigenvalue weighted by Crippen LogP contribution is -2.48. The fourth-order valence-electron chi connectivity index (χ4n) is 3.05. The highest BCUT2D eigenvalue weighted by molar-refractivity contribution is 5.40. The Labute approximate surface area is 159 Å². The van der Waals surface area contributed by atoms with Gasteiger partial charge in [0.2, 0.25) is 0 Å². The number of piperazine rings is 1. The molecule has 0 aliphatic carbocycles. The summed E-state index contributed by atoms with van der Waals surface area (Å²) in [4.78, 5) is 20.2. The molecular formula is C18H19F3N6O. The molecule has 28 heavy (non-hydrogen) atoms. The monoisotopic (exact) mass is 392 g/mol. The zero-order valence-electron chi connectivity index (χ0n) is 15.5. The summed E-state index contributed by atoms with van der Waals surface area (Å²) < 4.78 is 39.2. The predicted molar refractivity (Wildman–Crippen MR) is 95.7 cm³/mol. The average Bonchev–Trinajstić information content (AvgIpc) is 2.67. The summed E-state index contributed by atoms with van der Waals surface area (Å²) in [7, 11) is 0. The Morgan fingerprint density at radius 2 is 1.86 bits per heavy atom. The number of hydrogen-bond acceptors (Lipinski definition) is 6. The number of hydrogen-bond donors (Lipinski definition) is 0. The molecule has 0 amide bonds. The van der Waals surface area contributed by atoms with Crippen LogP contribution in [-0.2, 0) is 12.8 Å². The number of nitriles is 1.